The number of hydrogen-bond acceptors (Lipinski definition) is 5. The van der Waals surface area contributed by atoms with Crippen LogP contribution in [0.15, 0.2) is 17.4 Å². The van der Waals surface area contributed by atoms with Gasteiger partial charge in [0.05, 0.1) is 26.6 Å². The van der Waals surface area contributed by atoms with E-state index in [4.69, 9.17) is 9.47 Å². The van der Waals surface area contributed by atoms with Crippen molar-refractivity contribution < 1.29 is 14.3 Å². The molecule has 0 saturated carbocycles. The predicted molar refractivity (Wildman–Crippen MR) is 45.1 cm³/mol. The molecule has 5 heteroatoms. The lowest BCUT2D eigenvalue weighted by Gasteiger charge is -2.05. The van der Waals surface area contributed by atoms with Crippen molar-refractivity contribution in [2.24, 2.45) is 4.99 Å². The van der Waals surface area contributed by atoms with E-state index in [0.717, 1.165) is 0 Å². The van der Waals surface area contributed by atoms with Gasteiger partial charge < -0.3 is 9.47 Å². The second kappa shape index (κ2) is 4.23. The van der Waals surface area contributed by atoms with E-state index in [1.165, 1.54) is 32.7 Å². The third kappa shape index (κ3) is 1.83. The zero-order valence-corrected chi connectivity index (χ0v) is 7.27. The van der Waals surface area contributed by atoms with Gasteiger partial charge >= 0.3 is 0 Å². The van der Waals surface area contributed by atoms with Gasteiger partial charge in [0, 0.05) is 0 Å². The number of methoxy groups -OCH3 is 2. The molecule has 1 aromatic rings. The zero-order valence-electron chi connectivity index (χ0n) is 7.27. The molecular weight excluding hydrogens is 172 g/mol. The van der Waals surface area contributed by atoms with E-state index in [1.807, 2.05) is 0 Å². The largest absolute Gasteiger partial charge is 0.493 e. The van der Waals surface area contributed by atoms with Crippen LogP contribution < -0.4 is 9.47 Å². The van der Waals surface area contributed by atoms with Crippen molar-refractivity contribution in [3.8, 4) is 11.5 Å². The maximum atomic E-state index is 10.1. The Balaban J connectivity index is 3.28. The highest BCUT2D eigenvalue weighted by atomic mass is 16.5. The molecule has 0 N–H and O–H groups in total. The van der Waals surface area contributed by atoms with Gasteiger partial charge in [0.2, 0.25) is 6.08 Å². The molecule has 0 fully saturated rings. The van der Waals surface area contributed by atoms with Gasteiger partial charge in [-0.2, -0.15) is 4.99 Å². The minimum atomic E-state index is 0.301. The lowest BCUT2D eigenvalue weighted by Crippen LogP contribution is -1.89. The summed E-state index contributed by atoms with van der Waals surface area (Å²) in [5, 5.41) is 0. The molecule has 0 bridgehead atoms. The third-order valence-electron chi connectivity index (χ3n) is 1.45. The van der Waals surface area contributed by atoms with E-state index in [0.29, 0.717) is 17.2 Å². The lowest BCUT2D eigenvalue weighted by molar-refractivity contribution is 0.393. The number of isocyanates is 1. The maximum absolute atomic E-state index is 10.1. The summed E-state index contributed by atoms with van der Waals surface area (Å²) in [6.45, 7) is 0. The first kappa shape index (κ1) is 9.22. The first-order valence-electron chi connectivity index (χ1n) is 3.47. The number of ether oxygens (including phenoxy) is 2. The second-order valence-corrected chi connectivity index (χ2v) is 2.10. The molecule has 13 heavy (non-hydrogen) atoms. The van der Waals surface area contributed by atoms with Gasteiger partial charge in [-0.3, -0.25) is 4.98 Å². The van der Waals surface area contributed by atoms with Crippen molar-refractivity contribution in [1.82, 2.24) is 4.98 Å². The average Bonchev–Trinajstić information content (AvgIpc) is 2.18. The number of aliphatic imine (C=N–C) groups is 1. The Bertz CT molecular complexity index is 323. The summed E-state index contributed by atoms with van der Waals surface area (Å²) in [6, 6.07) is 0. The molecule has 0 spiro atoms. The number of carbonyl (C=O) groups excluding carboxylic acids is 1. The average molecular weight is 180 g/mol. The van der Waals surface area contributed by atoms with Crippen LogP contribution in [-0.4, -0.2) is 25.3 Å². The molecule has 0 atom stereocenters. The van der Waals surface area contributed by atoms with Crippen LogP contribution in [0, 0.1) is 0 Å². The van der Waals surface area contributed by atoms with Crippen LogP contribution in [-0.2, 0) is 4.79 Å². The van der Waals surface area contributed by atoms with Gasteiger partial charge in [-0.15, -0.1) is 0 Å². The number of rotatable bonds is 3. The predicted octanol–water partition coefficient (Wildman–Crippen LogP) is 1.07. The third-order valence-corrected chi connectivity index (χ3v) is 1.45. The van der Waals surface area contributed by atoms with Gasteiger partial charge in [-0.05, 0) is 0 Å². The molecule has 5 nitrogen and oxygen atoms in total. The van der Waals surface area contributed by atoms with Crippen LogP contribution >= 0.6 is 0 Å². The fourth-order valence-corrected chi connectivity index (χ4v) is 0.871. The van der Waals surface area contributed by atoms with Crippen molar-refractivity contribution in [3.63, 3.8) is 0 Å². The normalized spacial score (nSPS) is 8.77. The van der Waals surface area contributed by atoms with E-state index < -0.39 is 0 Å². The summed E-state index contributed by atoms with van der Waals surface area (Å²) in [4.78, 5) is 17.4. The smallest absolute Gasteiger partial charge is 0.240 e. The zero-order chi connectivity index (χ0) is 9.68. The van der Waals surface area contributed by atoms with Crippen LogP contribution in [0.3, 0.4) is 0 Å². The molecule has 0 aliphatic rings. The van der Waals surface area contributed by atoms with E-state index in [1.54, 1.807) is 0 Å². The van der Waals surface area contributed by atoms with Gasteiger partial charge in [0.25, 0.3) is 0 Å². The Labute approximate surface area is 75.0 Å². The summed E-state index contributed by atoms with van der Waals surface area (Å²) in [6.07, 6.45) is 4.31. The van der Waals surface area contributed by atoms with Crippen molar-refractivity contribution in [2.75, 3.05) is 14.2 Å². The van der Waals surface area contributed by atoms with Gasteiger partial charge in [0.1, 0.15) is 0 Å². The number of nitrogens with zero attached hydrogens (tertiary/aromatic N) is 2. The van der Waals surface area contributed by atoms with Gasteiger partial charge in [0.15, 0.2) is 17.2 Å². The monoisotopic (exact) mass is 180 g/mol. The van der Waals surface area contributed by atoms with E-state index in [2.05, 4.69) is 9.98 Å². The van der Waals surface area contributed by atoms with E-state index in [-0.39, 0.29) is 0 Å². The standard InChI is InChI=1S/C8H8N2O3/c1-12-6-3-9-4-7(13-2)8(6)10-5-11/h3-4H,1-2H3. The molecule has 1 aromatic heterocycles. The lowest BCUT2D eigenvalue weighted by atomic mass is 10.3. The first-order valence-corrected chi connectivity index (χ1v) is 3.47. The molecule has 0 aromatic carbocycles. The van der Waals surface area contributed by atoms with Crippen molar-refractivity contribution in [1.29, 1.82) is 0 Å². The molecular formula is C8H8N2O3. The van der Waals surface area contributed by atoms with E-state index in [9.17, 15) is 4.79 Å². The van der Waals surface area contributed by atoms with Crippen molar-refractivity contribution in [2.45, 2.75) is 0 Å². The van der Waals surface area contributed by atoms with Gasteiger partial charge in [-0.1, -0.05) is 0 Å². The Kier molecular flexibility index (Phi) is 3.00. The SMILES string of the molecule is COc1cncc(OC)c1N=C=O. The Hall–Kier alpha value is -1.87. The Morgan fingerprint density at radius 3 is 2.23 bits per heavy atom. The highest BCUT2D eigenvalue weighted by molar-refractivity contribution is 5.64. The molecule has 0 unspecified atom stereocenters. The molecule has 0 aliphatic heterocycles. The van der Waals surface area contributed by atoms with E-state index >= 15 is 0 Å². The Morgan fingerprint density at radius 2 is 1.85 bits per heavy atom. The minimum absolute atomic E-state index is 0.301. The molecule has 1 rings (SSSR count). The van der Waals surface area contributed by atoms with Crippen LogP contribution in [0.4, 0.5) is 5.69 Å². The molecule has 0 amide bonds. The molecule has 0 aliphatic carbocycles. The van der Waals surface area contributed by atoms with Crippen LogP contribution in [0.25, 0.3) is 0 Å². The minimum Gasteiger partial charge on any atom is -0.493 e. The summed E-state index contributed by atoms with van der Waals surface area (Å²) in [7, 11) is 2.92. The van der Waals surface area contributed by atoms with Crippen molar-refractivity contribution in [3.05, 3.63) is 12.4 Å². The van der Waals surface area contributed by atoms with Crippen molar-refractivity contribution >= 4 is 11.8 Å². The molecule has 68 valence electrons. The summed E-state index contributed by atoms with van der Waals surface area (Å²) < 4.78 is 9.85. The molecule has 0 saturated heterocycles. The molecule has 0 radical (unpaired) electrons. The van der Waals surface area contributed by atoms with Crippen LogP contribution in [0.2, 0.25) is 0 Å². The summed E-state index contributed by atoms with van der Waals surface area (Å²) in [5.41, 5.74) is 0.301. The van der Waals surface area contributed by atoms with Crippen LogP contribution in [0.5, 0.6) is 11.5 Å². The topological polar surface area (TPSA) is 60.8 Å². The highest BCUT2D eigenvalue weighted by Gasteiger charge is 2.08. The first-order chi connectivity index (χ1) is 6.33. The highest BCUT2D eigenvalue weighted by Crippen LogP contribution is 2.35. The van der Waals surface area contributed by atoms with Gasteiger partial charge in [-0.25, -0.2) is 4.79 Å². The number of hydrogen-bond donors (Lipinski definition) is 0. The fourth-order valence-electron chi connectivity index (χ4n) is 0.871. The number of aromatic nitrogens is 1. The van der Waals surface area contributed by atoms with Crippen LogP contribution in [0.1, 0.15) is 0 Å². The number of pyridine rings is 1. The Morgan fingerprint density at radius 1 is 1.31 bits per heavy atom. The quantitative estimate of drug-likeness (QED) is 0.515. The molecule has 1 heterocycles. The maximum Gasteiger partial charge on any atom is 0.240 e. The summed E-state index contributed by atoms with van der Waals surface area (Å²) in [5.74, 6) is 0.755. The second-order valence-electron chi connectivity index (χ2n) is 2.10. The summed E-state index contributed by atoms with van der Waals surface area (Å²) >= 11 is 0. The fraction of sp³-hybridized carbons (Fsp3) is 0.250.